The van der Waals surface area contributed by atoms with E-state index in [9.17, 15) is 8.42 Å². The van der Waals surface area contributed by atoms with Crippen LogP contribution in [0.5, 0.6) is 0 Å². The van der Waals surface area contributed by atoms with Gasteiger partial charge in [0.1, 0.15) is 6.54 Å². The number of sulfonamides is 1. The van der Waals surface area contributed by atoms with Crippen molar-refractivity contribution in [2.75, 3.05) is 19.3 Å². The summed E-state index contributed by atoms with van der Waals surface area (Å²) in [6, 6.07) is 1.96. The van der Waals surface area contributed by atoms with E-state index < -0.39 is 15.6 Å². The third kappa shape index (κ3) is 8.18. The smallest absolute Gasteiger partial charge is 0.209 e. The van der Waals surface area contributed by atoms with E-state index in [4.69, 9.17) is 4.52 Å². The SMILES string of the molecule is CCNC(=NCc1cc(C(CC)CC)no1)NCC(C)(C)NS(C)(=O)=O. The van der Waals surface area contributed by atoms with Crippen molar-refractivity contribution >= 4 is 16.0 Å². The van der Waals surface area contributed by atoms with Gasteiger partial charge in [0.05, 0.1) is 11.9 Å². The van der Waals surface area contributed by atoms with Crippen molar-refractivity contribution in [2.45, 2.75) is 65.5 Å². The van der Waals surface area contributed by atoms with Crippen molar-refractivity contribution in [3.8, 4) is 0 Å². The Kier molecular flexibility index (Phi) is 8.55. The van der Waals surface area contributed by atoms with E-state index >= 15 is 0 Å². The predicted molar refractivity (Wildman–Crippen MR) is 105 cm³/mol. The summed E-state index contributed by atoms with van der Waals surface area (Å²) in [5.74, 6) is 1.71. The van der Waals surface area contributed by atoms with E-state index in [1.807, 2.05) is 26.8 Å². The molecule has 0 aliphatic carbocycles. The topological polar surface area (TPSA) is 109 Å². The van der Waals surface area contributed by atoms with E-state index in [0.717, 1.165) is 24.8 Å². The van der Waals surface area contributed by atoms with Crippen LogP contribution in [-0.2, 0) is 16.6 Å². The minimum absolute atomic E-state index is 0.364. The number of aliphatic imine (C=N–C) groups is 1. The summed E-state index contributed by atoms with van der Waals surface area (Å²) < 4.78 is 30.8. The van der Waals surface area contributed by atoms with Gasteiger partial charge in [-0.25, -0.2) is 18.1 Å². The van der Waals surface area contributed by atoms with Gasteiger partial charge in [-0.3, -0.25) is 0 Å². The van der Waals surface area contributed by atoms with Crippen molar-refractivity contribution < 1.29 is 12.9 Å². The number of rotatable bonds is 10. The quantitative estimate of drug-likeness (QED) is 0.418. The van der Waals surface area contributed by atoms with Crippen LogP contribution in [0.2, 0.25) is 0 Å². The van der Waals surface area contributed by atoms with Crippen molar-refractivity contribution in [2.24, 2.45) is 4.99 Å². The Balaban J connectivity index is 2.72. The second kappa shape index (κ2) is 9.91. The molecule has 8 nitrogen and oxygen atoms in total. The molecule has 1 heterocycles. The molecule has 9 heteroatoms. The lowest BCUT2D eigenvalue weighted by Gasteiger charge is -2.26. The van der Waals surface area contributed by atoms with Gasteiger partial charge in [0.25, 0.3) is 0 Å². The predicted octanol–water partition coefficient (Wildman–Crippen LogP) is 1.96. The maximum absolute atomic E-state index is 11.4. The lowest BCUT2D eigenvalue weighted by Crippen LogP contribution is -2.53. The van der Waals surface area contributed by atoms with Crippen molar-refractivity contribution in [3.05, 3.63) is 17.5 Å². The van der Waals surface area contributed by atoms with E-state index in [2.05, 4.69) is 39.4 Å². The fourth-order valence-corrected chi connectivity index (χ4v) is 3.72. The molecule has 0 atom stereocenters. The molecule has 0 saturated heterocycles. The highest BCUT2D eigenvalue weighted by Crippen LogP contribution is 2.22. The summed E-state index contributed by atoms with van der Waals surface area (Å²) in [6.45, 7) is 11.3. The Labute approximate surface area is 157 Å². The van der Waals surface area contributed by atoms with Crippen LogP contribution >= 0.6 is 0 Å². The summed E-state index contributed by atoms with van der Waals surface area (Å²) in [5.41, 5.74) is 0.329. The monoisotopic (exact) mass is 387 g/mol. The maximum Gasteiger partial charge on any atom is 0.209 e. The van der Waals surface area contributed by atoms with Crippen molar-refractivity contribution in [1.29, 1.82) is 0 Å². The number of nitrogens with one attached hydrogen (secondary N) is 3. The van der Waals surface area contributed by atoms with Gasteiger partial charge in [0.2, 0.25) is 10.0 Å². The second-order valence-corrected chi connectivity index (χ2v) is 8.79. The molecule has 0 aromatic carbocycles. The van der Waals surface area contributed by atoms with Gasteiger partial charge in [-0.2, -0.15) is 0 Å². The zero-order valence-electron chi connectivity index (χ0n) is 16.7. The summed E-state index contributed by atoms with van der Waals surface area (Å²) in [5, 5.41) is 10.4. The molecule has 0 aliphatic rings. The molecule has 0 bridgehead atoms. The van der Waals surface area contributed by atoms with Crippen molar-refractivity contribution in [1.82, 2.24) is 20.5 Å². The van der Waals surface area contributed by atoms with Crippen molar-refractivity contribution in [3.63, 3.8) is 0 Å². The number of aromatic nitrogens is 1. The minimum Gasteiger partial charge on any atom is -0.359 e. The summed E-state index contributed by atoms with van der Waals surface area (Å²) in [7, 11) is -3.28. The molecule has 0 amide bonds. The number of hydrogen-bond acceptors (Lipinski definition) is 5. The maximum atomic E-state index is 11.4. The summed E-state index contributed by atoms with van der Waals surface area (Å²) in [6.07, 6.45) is 3.20. The Morgan fingerprint density at radius 2 is 1.92 bits per heavy atom. The van der Waals surface area contributed by atoms with Crippen LogP contribution in [0.4, 0.5) is 0 Å². The zero-order chi connectivity index (χ0) is 19.8. The average Bonchev–Trinajstić information content (AvgIpc) is 2.98. The summed E-state index contributed by atoms with van der Waals surface area (Å²) in [4.78, 5) is 4.49. The van der Waals surface area contributed by atoms with Gasteiger partial charge in [0.15, 0.2) is 11.7 Å². The molecule has 0 aliphatic heterocycles. The molecule has 1 aromatic rings. The van der Waals surface area contributed by atoms with Crippen LogP contribution < -0.4 is 15.4 Å². The van der Waals surface area contributed by atoms with Crippen LogP contribution in [0.15, 0.2) is 15.6 Å². The van der Waals surface area contributed by atoms with Crippen LogP contribution in [0.25, 0.3) is 0 Å². The molecule has 0 unspecified atom stereocenters. The lowest BCUT2D eigenvalue weighted by molar-refractivity contribution is 0.372. The molecular formula is C17H33N5O3S. The first kappa shape index (κ1) is 22.4. The largest absolute Gasteiger partial charge is 0.359 e. The molecule has 0 fully saturated rings. The molecule has 3 N–H and O–H groups in total. The Morgan fingerprint density at radius 1 is 1.27 bits per heavy atom. The first-order valence-corrected chi connectivity index (χ1v) is 11.0. The van der Waals surface area contributed by atoms with Gasteiger partial charge in [-0.1, -0.05) is 19.0 Å². The molecule has 26 heavy (non-hydrogen) atoms. The van der Waals surface area contributed by atoms with E-state index in [0.29, 0.717) is 37.3 Å². The zero-order valence-corrected chi connectivity index (χ0v) is 17.5. The fraction of sp³-hybridized carbons (Fsp3) is 0.765. The van der Waals surface area contributed by atoms with Gasteiger partial charge in [-0.15, -0.1) is 0 Å². The lowest BCUT2D eigenvalue weighted by atomic mass is 9.99. The highest BCUT2D eigenvalue weighted by Gasteiger charge is 2.22. The highest BCUT2D eigenvalue weighted by atomic mass is 32.2. The average molecular weight is 388 g/mol. The molecule has 1 aromatic heterocycles. The van der Waals surface area contributed by atoms with Gasteiger partial charge in [0, 0.05) is 30.6 Å². The van der Waals surface area contributed by atoms with Gasteiger partial charge in [-0.05, 0) is 33.6 Å². The minimum atomic E-state index is -3.28. The molecule has 0 radical (unpaired) electrons. The van der Waals surface area contributed by atoms with Gasteiger partial charge >= 0.3 is 0 Å². The first-order valence-electron chi connectivity index (χ1n) is 9.06. The fourth-order valence-electron chi connectivity index (χ4n) is 2.64. The molecular weight excluding hydrogens is 354 g/mol. The van der Waals surface area contributed by atoms with Crippen LogP contribution in [0, 0.1) is 0 Å². The first-order chi connectivity index (χ1) is 12.1. The number of nitrogens with zero attached hydrogens (tertiary/aromatic N) is 2. The van der Waals surface area contributed by atoms with Crippen LogP contribution in [0.1, 0.15) is 64.8 Å². The van der Waals surface area contributed by atoms with E-state index in [-0.39, 0.29) is 0 Å². The van der Waals surface area contributed by atoms with Crippen LogP contribution in [-0.4, -0.2) is 44.4 Å². The third-order valence-electron chi connectivity index (χ3n) is 3.88. The Morgan fingerprint density at radius 3 is 2.46 bits per heavy atom. The van der Waals surface area contributed by atoms with Crippen LogP contribution in [0.3, 0.4) is 0 Å². The highest BCUT2D eigenvalue weighted by molar-refractivity contribution is 7.88. The standard InChI is InChI=1S/C17H33N5O3S/c1-7-13(8-2)15-10-14(25-21-15)11-19-16(18-9-3)20-12-17(4,5)22-26(6,23)24/h10,13,22H,7-9,11-12H2,1-6H3,(H2,18,19,20). The summed E-state index contributed by atoms with van der Waals surface area (Å²) >= 11 is 0. The third-order valence-corrected chi connectivity index (χ3v) is 4.80. The van der Waals surface area contributed by atoms with E-state index in [1.165, 1.54) is 0 Å². The molecule has 0 spiro atoms. The normalized spacial score (nSPS) is 13.3. The Bertz CT molecular complexity index is 678. The molecule has 150 valence electrons. The van der Waals surface area contributed by atoms with E-state index in [1.54, 1.807) is 0 Å². The van der Waals surface area contributed by atoms with Gasteiger partial charge < -0.3 is 15.2 Å². The molecule has 1 rings (SSSR count). The molecule has 0 saturated carbocycles. The second-order valence-electron chi connectivity index (χ2n) is 7.04. The number of hydrogen-bond donors (Lipinski definition) is 3. The number of guanidine groups is 1. The Hall–Kier alpha value is -1.61.